The Kier molecular flexibility index (Phi) is 7.73. The van der Waals surface area contributed by atoms with Gasteiger partial charge < -0.3 is 10.1 Å². The van der Waals surface area contributed by atoms with Gasteiger partial charge in [-0.3, -0.25) is 4.72 Å². The molecule has 8 nitrogen and oxygen atoms in total. The molecule has 26 heavy (non-hydrogen) atoms. The smallest absolute Gasteiger partial charge is 0.245 e. The fourth-order valence-corrected chi connectivity index (χ4v) is 5.22. The molecule has 2 rings (SSSR count). The number of methoxy groups -OCH3 is 1. The van der Waals surface area contributed by atoms with Gasteiger partial charge in [0.1, 0.15) is 10.6 Å². The van der Waals surface area contributed by atoms with Gasteiger partial charge in [0.2, 0.25) is 20.0 Å². The first-order chi connectivity index (χ1) is 11.6. The van der Waals surface area contributed by atoms with E-state index < -0.39 is 20.0 Å². The van der Waals surface area contributed by atoms with Gasteiger partial charge in [-0.1, -0.05) is 0 Å². The van der Waals surface area contributed by atoms with Gasteiger partial charge in [-0.2, -0.15) is 4.31 Å². The molecule has 2 unspecified atom stereocenters. The molecular formula is C15H26ClN3O5S2. The van der Waals surface area contributed by atoms with Crippen molar-refractivity contribution in [2.24, 2.45) is 0 Å². The molecule has 1 aliphatic rings. The Morgan fingerprint density at radius 3 is 2.50 bits per heavy atom. The number of sulfonamides is 2. The summed E-state index contributed by atoms with van der Waals surface area (Å²) in [5.41, 5.74) is -0.000384. The predicted octanol–water partition coefficient (Wildman–Crippen LogP) is 1.25. The fourth-order valence-electron chi connectivity index (χ4n) is 2.67. The Morgan fingerprint density at radius 1 is 1.27 bits per heavy atom. The molecule has 0 bridgehead atoms. The molecule has 1 fully saturated rings. The van der Waals surface area contributed by atoms with Crippen LogP contribution >= 0.6 is 12.4 Å². The second-order valence-electron chi connectivity index (χ2n) is 5.97. The Hall–Kier alpha value is -1.07. The number of anilines is 1. The average molecular weight is 428 g/mol. The van der Waals surface area contributed by atoms with Crippen molar-refractivity contribution >= 4 is 38.1 Å². The zero-order chi connectivity index (χ0) is 18.8. The lowest BCUT2D eigenvalue weighted by Gasteiger charge is -2.37. The molecule has 1 heterocycles. The summed E-state index contributed by atoms with van der Waals surface area (Å²) >= 11 is 0. The third-order valence-electron chi connectivity index (χ3n) is 4.40. The van der Waals surface area contributed by atoms with Crippen molar-refractivity contribution in [3.05, 3.63) is 18.2 Å². The van der Waals surface area contributed by atoms with E-state index in [1.807, 2.05) is 13.8 Å². The quantitative estimate of drug-likeness (QED) is 0.707. The molecule has 0 aromatic heterocycles. The van der Waals surface area contributed by atoms with E-state index in [1.165, 1.54) is 36.5 Å². The highest BCUT2D eigenvalue weighted by Gasteiger charge is 2.36. The Labute approximate surface area is 161 Å². The molecule has 150 valence electrons. The second kappa shape index (κ2) is 8.75. The van der Waals surface area contributed by atoms with E-state index in [0.29, 0.717) is 18.8 Å². The number of nitrogens with zero attached hydrogens (tertiary/aromatic N) is 1. The third-order valence-corrected chi connectivity index (χ3v) is 7.73. The zero-order valence-electron chi connectivity index (χ0n) is 15.2. The maximum absolute atomic E-state index is 13.2. The number of hydrogen-bond donors (Lipinski definition) is 2. The minimum absolute atomic E-state index is 0. The fraction of sp³-hybridized carbons (Fsp3) is 0.600. The van der Waals surface area contributed by atoms with Crippen LogP contribution in [-0.2, 0) is 20.0 Å². The number of piperazine rings is 1. The van der Waals surface area contributed by atoms with Crippen LogP contribution in [0.1, 0.15) is 20.8 Å². The van der Waals surface area contributed by atoms with Crippen LogP contribution < -0.4 is 14.8 Å². The van der Waals surface area contributed by atoms with E-state index in [4.69, 9.17) is 4.74 Å². The average Bonchev–Trinajstić information content (AvgIpc) is 2.56. The zero-order valence-corrected chi connectivity index (χ0v) is 17.7. The summed E-state index contributed by atoms with van der Waals surface area (Å²) < 4.78 is 59.1. The van der Waals surface area contributed by atoms with Gasteiger partial charge in [-0.05, 0) is 32.9 Å². The lowest BCUT2D eigenvalue weighted by Crippen LogP contribution is -2.57. The number of hydrogen-bond acceptors (Lipinski definition) is 6. The first-order valence-corrected chi connectivity index (χ1v) is 11.2. The summed E-state index contributed by atoms with van der Waals surface area (Å²) in [7, 11) is -6.07. The van der Waals surface area contributed by atoms with Crippen LogP contribution in [0, 0.1) is 0 Å². The van der Waals surface area contributed by atoms with Crippen LogP contribution in [0.25, 0.3) is 0 Å². The lowest BCUT2D eigenvalue weighted by atomic mass is 10.1. The molecule has 1 aromatic rings. The highest BCUT2D eigenvalue weighted by atomic mass is 35.5. The summed E-state index contributed by atoms with van der Waals surface area (Å²) in [6.45, 7) is 6.09. The highest BCUT2D eigenvalue weighted by Crippen LogP contribution is 2.31. The van der Waals surface area contributed by atoms with Crippen molar-refractivity contribution in [1.29, 1.82) is 0 Å². The van der Waals surface area contributed by atoms with E-state index >= 15 is 0 Å². The number of nitrogens with one attached hydrogen (secondary N) is 2. The van der Waals surface area contributed by atoms with Crippen LogP contribution in [0.2, 0.25) is 0 Å². The van der Waals surface area contributed by atoms with E-state index in [-0.39, 0.29) is 40.8 Å². The standard InChI is InChI=1S/C15H25N3O5S2.ClH/c1-5-24(19,20)17-14-10-13(23-4)6-7-15(14)25(21,22)18-9-8-16-11(2)12(18)3;/h6-7,10-12,16-17H,5,8-9H2,1-4H3;1H. The molecule has 1 aromatic carbocycles. The van der Waals surface area contributed by atoms with Crippen LogP contribution in [-0.4, -0.2) is 59.2 Å². The van der Waals surface area contributed by atoms with Crippen molar-refractivity contribution < 1.29 is 21.6 Å². The van der Waals surface area contributed by atoms with E-state index in [2.05, 4.69) is 10.0 Å². The number of halogens is 1. The van der Waals surface area contributed by atoms with Crippen molar-refractivity contribution in [2.45, 2.75) is 37.8 Å². The minimum atomic E-state index is -3.87. The summed E-state index contributed by atoms with van der Waals surface area (Å²) in [5.74, 6) is 0.208. The molecule has 0 aliphatic carbocycles. The van der Waals surface area contributed by atoms with Gasteiger partial charge in [0.05, 0.1) is 18.6 Å². The van der Waals surface area contributed by atoms with Crippen LogP contribution in [0.5, 0.6) is 5.75 Å². The van der Waals surface area contributed by atoms with Crippen LogP contribution in [0.15, 0.2) is 23.1 Å². The van der Waals surface area contributed by atoms with Crippen molar-refractivity contribution in [3.8, 4) is 5.75 Å². The summed E-state index contributed by atoms with van der Waals surface area (Å²) in [4.78, 5) is -0.0775. The summed E-state index contributed by atoms with van der Waals surface area (Å²) in [6, 6.07) is 4.01. The van der Waals surface area contributed by atoms with E-state index in [0.717, 1.165) is 0 Å². The number of rotatable bonds is 6. The van der Waals surface area contributed by atoms with Gasteiger partial charge in [0.15, 0.2) is 0 Å². The van der Waals surface area contributed by atoms with E-state index in [1.54, 1.807) is 0 Å². The number of ether oxygens (including phenoxy) is 1. The van der Waals surface area contributed by atoms with Gasteiger partial charge >= 0.3 is 0 Å². The first-order valence-electron chi connectivity index (χ1n) is 8.06. The van der Waals surface area contributed by atoms with Crippen molar-refractivity contribution in [2.75, 3.05) is 30.7 Å². The van der Waals surface area contributed by atoms with Gasteiger partial charge in [-0.15, -0.1) is 12.4 Å². The van der Waals surface area contributed by atoms with Gasteiger partial charge in [0, 0.05) is 31.2 Å². The molecule has 11 heteroatoms. The largest absolute Gasteiger partial charge is 0.497 e. The SMILES string of the molecule is CCS(=O)(=O)Nc1cc(OC)ccc1S(=O)(=O)N1CCNC(C)C1C.Cl. The highest BCUT2D eigenvalue weighted by molar-refractivity contribution is 7.93. The topological polar surface area (TPSA) is 105 Å². The first kappa shape index (κ1) is 23.0. The normalized spacial score (nSPS) is 21.7. The Bertz CT molecular complexity index is 830. The van der Waals surface area contributed by atoms with E-state index in [9.17, 15) is 16.8 Å². The maximum atomic E-state index is 13.2. The third kappa shape index (κ3) is 4.80. The summed E-state index contributed by atoms with van der Waals surface area (Å²) in [5, 5.41) is 3.23. The van der Waals surface area contributed by atoms with Crippen molar-refractivity contribution in [1.82, 2.24) is 9.62 Å². The van der Waals surface area contributed by atoms with Gasteiger partial charge in [0.25, 0.3) is 0 Å². The van der Waals surface area contributed by atoms with Crippen LogP contribution in [0.3, 0.4) is 0 Å². The monoisotopic (exact) mass is 427 g/mol. The molecular weight excluding hydrogens is 402 g/mol. The molecule has 2 N–H and O–H groups in total. The molecule has 0 amide bonds. The maximum Gasteiger partial charge on any atom is 0.245 e. The number of benzene rings is 1. The van der Waals surface area contributed by atoms with Crippen LogP contribution in [0.4, 0.5) is 5.69 Å². The Morgan fingerprint density at radius 2 is 1.92 bits per heavy atom. The minimum Gasteiger partial charge on any atom is -0.497 e. The molecule has 0 spiro atoms. The van der Waals surface area contributed by atoms with Gasteiger partial charge in [-0.25, -0.2) is 16.8 Å². The molecule has 2 atom stereocenters. The molecule has 0 saturated carbocycles. The molecule has 1 saturated heterocycles. The predicted molar refractivity (Wildman–Crippen MR) is 104 cm³/mol. The van der Waals surface area contributed by atoms with Crippen molar-refractivity contribution in [3.63, 3.8) is 0 Å². The summed E-state index contributed by atoms with van der Waals surface area (Å²) in [6.07, 6.45) is 0. The molecule has 0 radical (unpaired) electrons. The lowest BCUT2D eigenvalue weighted by molar-refractivity contribution is 0.233. The Balaban J connectivity index is 0.00000338. The second-order valence-corrected chi connectivity index (χ2v) is 9.84. The molecule has 1 aliphatic heterocycles.